The molecule has 7 heteroatoms. The average molecular weight is 390 g/mol. The minimum absolute atomic E-state index is 0.215. The maximum Gasteiger partial charge on any atom is 0.251 e. The van der Waals surface area contributed by atoms with Crippen molar-refractivity contribution in [3.8, 4) is 5.75 Å². The first kappa shape index (κ1) is 20.6. The van der Waals surface area contributed by atoms with E-state index in [4.69, 9.17) is 22.1 Å². The zero-order valence-electron chi connectivity index (χ0n) is 15.6. The standard InChI is InChI=1S/C20H24ClN3O3/c1-12(2)10-17(24-19(25)13-4-6-14(21)7-5-13)20(26)23-15-8-9-18(27-3)16(22)11-15/h4-9,11-12,17H,10,22H2,1-3H3,(H,23,26)(H,24,25). The largest absolute Gasteiger partial charge is 0.495 e. The molecule has 2 aromatic carbocycles. The van der Waals surface area contributed by atoms with Crippen LogP contribution in [0.5, 0.6) is 5.75 Å². The molecule has 1 unspecified atom stereocenters. The second-order valence-electron chi connectivity index (χ2n) is 6.61. The van der Waals surface area contributed by atoms with Gasteiger partial charge in [-0.05, 0) is 54.8 Å². The summed E-state index contributed by atoms with van der Waals surface area (Å²) in [5, 5.41) is 6.13. The van der Waals surface area contributed by atoms with Crippen LogP contribution in [0.3, 0.4) is 0 Å². The van der Waals surface area contributed by atoms with Crippen LogP contribution in [-0.4, -0.2) is 25.0 Å². The lowest BCUT2D eigenvalue weighted by molar-refractivity contribution is -0.118. The molecule has 0 radical (unpaired) electrons. The lowest BCUT2D eigenvalue weighted by atomic mass is 10.0. The van der Waals surface area contributed by atoms with Crippen LogP contribution >= 0.6 is 11.6 Å². The van der Waals surface area contributed by atoms with E-state index in [-0.39, 0.29) is 17.7 Å². The van der Waals surface area contributed by atoms with Gasteiger partial charge in [0.1, 0.15) is 11.8 Å². The molecule has 2 aromatic rings. The number of halogens is 1. The predicted octanol–water partition coefficient (Wildman–Crippen LogP) is 3.71. The lowest BCUT2D eigenvalue weighted by Crippen LogP contribution is -2.44. The maximum atomic E-state index is 12.7. The van der Waals surface area contributed by atoms with Gasteiger partial charge in [-0.15, -0.1) is 0 Å². The molecule has 144 valence electrons. The number of hydrogen-bond donors (Lipinski definition) is 3. The summed E-state index contributed by atoms with van der Waals surface area (Å²) in [6, 6.07) is 10.8. The van der Waals surface area contributed by atoms with Crippen molar-refractivity contribution in [3.05, 3.63) is 53.1 Å². The first-order valence-electron chi connectivity index (χ1n) is 8.61. The van der Waals surface area contributed by atoms with Crippen molar-refractivity contribution in [2.45, 2.75) is 26.3 Å². The quantitative estimate of drug-likeness (QED) is 0.629. The van der Waals surface area contributed by atoms with Crippen LogP contribution in [0.4, 0.5) is 11.4 Å². The molecule has 0 aliphatic heterocycles. The molecular weight excluding hydrogens is 366 g/mol. The highest BCUT2D eigenvalue weighted by molar-refractivity contribution is 6.30. The third-order valence-corrected chi connectivity index (χ3v) is 4.18. The van der Waals surface area contributed by atoms with Crippen molar-refractivity contribution in [1.29, 1.82) is 0 Å². The minimum Gasteiger partial charge on any atom is -0.495 e. The number of amides is 2. The van der Waals surface area contributed by atoms with Gasteiger partial charge in [0, 0.05) is 16.3 Å². The Morgan fingerprint density at radius 2 is 1.81 bits per heavy atom. The molecule has 1 atom stereocenters. The third-order valence-electron chi connectivity index (χ3n) is 3.93. The fourth-order valence-electron chi connectivity index (χ4n) is 2.59. The fraction of sp³-hybridized carbons (Fsp3) is 0.300. The molecule has 0 saturated heterocycles. The van der Waals surface area contributed by atoms with E-state index >= 15 is 0 Å². The molecule has 0 aliphatic rings. The molecule has 2 amide bonds. The number of ether oxygens (including phenoxy) is 1. The molecule has 4 N–H and O–H groups in total. The number of methoxy groups -OCH3 is 1. The summed E-state index contributed by atoms with van der Waals surface area (Å²) >= 11 is 5.85. The molecule has 0 saturated carbocycles. The summed E-state index contributed by atoms with van der Waals surface area (Å²) in [5.74, 6) is 0.104. The van der Waals surface area contributed by atoms with E-state index in [1.807, 2.05) is 13.8 Å². The lowest BCUT2D eigenvalue weighted by Gasteiger charge is -2.20. The van der Waals surface area contributed by atoms with Gasteiger partial charge in [0.2, 0.25) is 5.91 Å². The van der Waals surface area contributed by atoms with Gasteiger partial charge in [0.25, 0.3) is 5.91 Å². The molecule has 0 spiro atoms. The van der Waals surface area contributed by atoms with Crippen molar-refractivity contribution < 1.29 is 14.3 Å². The molecule has 0 fully saturated rings. The van der Waals surface area contributed by atoms with Gasteiger partial charge in [-0.2, -0.15) is 0 Å². The van der Waals surface area contributed by atoms with Gasteiger partial charge in [0.15, 0.2) is 0 Å². The number of rotatable bonds is 7. The van der Waals surface area contributed by atoms with Crippen LogP contribution in [0.1, 0.15) is 30.6 Å². The van der Waals surface area contributed by atoms with Crippen LogP contribution in [0, 0.1) is 5.92 Å². The highest BCUT2D eigenvalue weighted by Crippen LogP contribution is 2.24. The van der Waals surface area contributed by atoms with Crippen LogP contribution < -0.4 is 21.1 Å². The Kier molecular flexibility index (Phi) is 7.07. The van der Waals surface area contributed by atoms with E-state index in [1.165, 1.54) is 7.11 Å². The van der Waals surface area contributed by atoms with E-state index in [1.54, 1.807) is 42.5 Å². The van der Waals surface area contributed by atoms with Gasteiger partial charge in [-0.25, -0.2) is 0 Å². The van der Waals surface area contributed by atoms with Gasteiger partial charge in [-0.3, -0.25) is 9.59 Å². The van der Waals surface area contributed by atoms with E-state index in [0.29, 0.717) is 34.1 Å². The van der Waals surface area contributed by atoms with Crippen molar-refractivity contribution in [2.75, 3.05) is 18.2 Å². The summed E-state index contributed by atoms with van der Waals surface area (Å²) in [6.07, 6.45) is 0.497. The molecular formula is C20H24ClN3O3. The number of anilines is 2. The molecule has 0 bridgehead atoms. The van der Waals surface area contributed by atoms with Crippen LogP contribution in [0.2, 0.25) is 5.02 Å². The van der Waals surface area contributed by atoms with E-state index in [2.05, 4.69) is 10.6 Å². The zero-order valence-corrected chi connectivity index (χ0v) is 16.3. The van der Waals surface area contributed by atoms with Crippen LogP contribution in [-0.2, 0) is 4.79 Å². The Morgan fingerprint density at radius 1 is 1.15 bits per heavy atom. The topological polar surface area (TPSA) is 93.5 Å². The first-order valence-corrected chi connectivity index (χ1v) is 8.98. The smallest absolute Gasteiger partial charge is 0.251 e. The van der Waals surface area contributed by atoms with Crippen LogP contribution in [0.15, 0.2) is 42.5 Å². The number of carbonyl (C=O) groups is 2. The Balaban J connectivity index is 2.12. The normalized spacial score (nSPS) is 11.7. The number of nitrogens with two attached hydrogens (primary N) is 1. The summed E-state index contributed by atoms with van der Waals surface area (Å²) in [4.78, 5) is 25.2. The van der Waals surface area contributed by atoms with Gasteiger partial charge >= 0.3 is 0 Å². The van der Waals surface area contributed by atoms with Gasteiger partial charge < -0.3 is 21.1 Å². The Morgan fingerprint density at radius 3 is 2.37 bits per heavy atom. The minimum atomic E-state index is -0.684. The molecule has 2 rings (SSSR count). The van der Waals surface area contributed by atoms with E-state index in [9.17, 15) is 9.59 Å². The Bertz CT molecular complexity index is 807. The first-order chi connectivity index (χ1) is 12.8. The zero-order chi connectivity index (χ0) is 20.0. The van der Waals surface area contributed by atoms with Gasteiger partial charge in [0.05, 0.1) is 12.8 Å². The maximum absolute atomic E-state index is 12.7. The third kappa shape index (κ3) is 5.89. The van der Waals surface area contributed by atoms with E-state index < -0.39 is 6.04 Å². The second kappa shape index (κ2) is 9.28. The number of hydrogen-bond acceptors (Lipinski definition) is 4. The summed E-state index contributed by atoms with van der Waals surface area (Å²) in [5.41, 5.74) is 7.27. The van der Waals surface area contributed by atoms with Crippen molar-refractivity contribution in [2.24, 2.45) is 5.92 Å². The van der Waals surface area contributed by atoms with E-state index in [0.717, 1.165) is 0 Å². The van der Waals surface area contributed by atoms with Crippen molar-refractivity contribution in [1.82, 2.24) is 5.32 Å². The molecule has 27 heavy (non-hydrogen) atoms. The molecule has 0 heterocycles. The summed E-state index contributed by atoms with van der Waals surface area (Å²) in [7, 11) is 1.52. The SMILES string of the molecule is COc1ccc(NC(=O)C(CC(C)C)NC(=O)c2ccc(Cl)cc2)cc1N. The molecule has 0 aromatic heterocycles. The average Bonchev–Trinajstić information content (AvgIpc) is 2.61. The Hall–Kier alpha value is -2.73. The molecule has 0 aliphatic carbocycles. The summed E-state index contributed by atoms with van der Waals surface area (Å²) in [6.45, 7) is 3.97. The van der Waals surface area contributed by atoms with Crippen molar-refractivity contribution >= 4 is 34.8 Å². The number of nitrogen functional groups attached to an aromatic ring is 1. The summed E-state index contributed by atoms with van der Waals surface area (Å²) < 4.78 is 5.11. The number of benzene rings is 2. The fourth-order valence-corrected chi connectivity index (χ4v) is 2.71. The monoisotopic (exact) mass is 389 g/mol. The number of nitrogens with one attached hydrogen (secondary N) is 2. The Labute approximate surface area is 164 Å². The molecule has 6 nitrogen and oxygen atoms in total. The second-order valence-corrected chi connectivity index (χ2v) is 7.04. The van der Waals surface area contributed by atoms with Crippen molar-refractivity contribution in [3.63, 3.8) is 0 Å². The predicted molar refractivity (Wildman–Crippen MR) is 108 cm³/mol. The highest BCUT2D eigenvalue weighted by Gasteiger charge is 2.23. The van der Waals surface area contributed by atoms with Crippen LogP contribution in [0.25, 0.3) is 0 Å². The number of carbonyl (C=O) groups excluding carboxylic acids is 2. The highest BCUT2D eigenvalue weighted by atomic mass is 35.5. The van der Waals surface area contributed by atoms with Gasteiger partial charge in [-0.1, -0.05) is 25.4 Å².